The van der Waals surface area contributed by atoms with Gasteiger partial charge in [0.1, 0.15) is 5.41 Å². The zero-order valence-electron chi connectivity index (χ0n) is 20.5. The Kier molecular flexibility index (Phi) is 6.22. The first-order valence-corrected chi connectivity index (χ1v) is 11.2. The summed E-state index contributed by atoms with van der Waals surface area (Å²) >= 11 is 0. The average Bonchev–Trinajstić information content (AvgIpc) is 2.80. The third-order valence-electron chi connectivity index (χ3n) is 6.51. The summed E-state index contributed by atoms with van der Waals surface area (Å²) in [7, 11) is 1.77. The molecule has 0 aliphatic carbocycles. The number of rotatable bonds is 4. The molecule has 0 bridgehead atoms. The highest BCUT2D eigenvalue weighted by atomic mass is 16.3. The molecule has 6 heteroatoms. The van der Waals surface area contributed by atoms with Crippen LogP contribution < -0.4 is 9.80 Å². The van der Waals surface area contributed by atoms with Gasteiger partial charge >= 0.3 is 0 Å². The number of aliphatic hydroxyl groups excluding tert-OH is 1. The maximum Gasteiger partial charge on any atom is 0.242 e. The molecule has 3 rings (SSSR count). The highest BCUT2D eigenvalue weighted by molar-refractivity contribution is 6.20. The van der Waals surface area contributed by atoms with E-state index in [-0.39, 0.29) is 29.8 Å². The van der Waals surface area contributed by atoms with Crippen LogP contribution in [0, 0.1) is 5.41 Å². The van der Waals surface area contributed by atoms with Crippen molar-refractivity contribution in [1.29, 1.82) is 0 Å². The summed E-state index contributed by atoms with van der Waals surface area (Å²) in [6.07, 6.45) is 1.68. The van der Waals surface area contributed by atoms with Crippen molar-refractivity contribution in [2.24, 2.45) is 5.41 Å². The van der Waals surface area contributed by atoms with Crippen LogP contribution >= 0.6 is 0 Å². The molecule has 0 radical (unpaired) electrons. The van der Waals surface area contributed by atoms with Gasteiger partial charge in [-0.15, -0.1) is 0 Å². The first-order chi connectivity index (χ1) is 14.9. The van der Waals surface area contributed by atoms with Gasteiger partial charge in [0.2, 0.25) is 11.8 Å². The van der Waals surface area contributed by atoms with Crippen molar-refractivity contribution in [2.75, 3.05) is 23.4 Å². The molecule has 0 spiro atoms. The van der Waals surface area contributed by atoms with Crippen LogP contribution in [0.15, 0.2) is 30.5 Å². The molecule has 2 amide bonds. The standard InChI is InChI=1S/C26H35N3O3/c1-9-29-20-13-12-18(16(2)17-11-10-14-27-19(17)15-30)21(25(3,4)5)22(20)28(8)23(31)26(6,7)24(29)32/h10-14,16,30H,9,15H2,1-8H3. The van der Waals surface area contributed by atoms with Crippen LogP contribution in [0.2, 0.25) is 0 Å². The Morgan fingerprint density at radius 1 is 1.09 bits per heavy atom. The van der Waals surface area contributed by atoms with Crippen molar-refractivity contribution in [2.45, 2.75) is 66.4 Å². The molecular formula is C26H35N3O3. The molecule has 6 nitrogen and oxygen atoms in total. The molecule has 0 fully saturated rings. The van der Waals surface area contributed by atoms with Gasteiger partial charge in [-0.05, 0) is 55.0 Å². The molecule has 1 unspecified atom stereocenters. The average molecular weight is 438 g/mol. The van der Waals surface area contributed by atoms with Gasteiger partial charge in [-0.3, -0.25) is 14.6 Å². The smallest absolute Gasteiger partial charge is 0.242 e. The summed E-state index contributed by atoms with van der Waals surface area (Å²) in [5.41, 5.74) is 3.75. The molecule has 1 aromatic carbocycles. The predicted molar refractivity (Wildman–Crippen MR) is 128 cm³/mol. The molecule has 2 aromatic rings. The number of hydrogen-bond donors (Lipinski definition) is 1. The Labute approximate surface area is 191 Å². The molecule has 172 valence electrons. The van der Waals surface area contributed by atoms with Crippen LogP contribution in [0.1, 0.15) is 76.8 Å². The molecule has 0 saturated heterocycles. The second-order valence-corrected chi connectivity index (χ2v) is 10.1. The van der Waals surface area contributed by atoms with Crippen LogP contribution in [-0.4, -0.2) is 35.5 Å². The lowest BCUT2D eigenvalue weighted by Crippen LogP contribution is -2.47. The highest BCUT2D eigenvalue weighted by Gasteiger charge is 2.46. The van der Waals surface area contributed by atoms with Gasteiger partial charge < -0.3 is 14.9 Å². The van der Waals surface area contributed by atoms with E-state index < -0.39 is 5.41 Å². The van der Waals surface area contributed by atoms with Gasteiger partial charge in [-0.1, -0.05) is 39.8 Å². The third kappa shape index (κ3) is 3.71. The molecule has 1 N–H and O–H groups in total. The molecular weight excluding hydrogens is 402 g/mol. The number of nitrogens with zero attached hydrogens (tertiary/aromatic N) is 3. The van der Waals surface area contributed by atoms with Crippen LogP contribution in [0.3, 0.4) is 0 Å². The van der Waals surface area contributed by atoms with Crippen LogP contribution in [0.5, 0.6) is 0 Å². The molecule has 1 aliphatic rings. The monoisotopic (exact) mass is 437 g/mol. The molecule has 32 heavy (non-hydrogen) atoms. The summed E-state index contributed by atoms with van der Waals surface area (Å²) < 4.78 is 0. The van der Waals surface area contributed by atoms with E-state index >= 15 is 0 Å². The van der Waals surface area contributed by atoms with Gasteiger partial charge in [0, 0.05) is 25.7 Å². The van der Waals surface area contributed by atoms with Crippen LogP contribution in [-0.2, 0) is 21.6 Å². The number of benzene rings is 1. The van der Waals surface area contributed by atoms with Gasteiger partial charge in [0.25, 0.3) is 0 Å². The lowest BCUT2D eigenvalue weighted by Gasteiger charge is -2.34. The Balaban J connectivity index is 2.37. The lowest BCUT2D eigenvalue weighted by atomic mass is 9.76. The lowest BCUT2D eigenvalue weighted by molar-refractivity contribution is -0.137. The number of amides is 2. The van der Waals surface area contributed by atoms with Crippen molar-refractivity contribution in [3.05, 3.63) is 52.8 Å². The SMILES string of the molecule is CCN1C(=O)C(C)(C)C(=O)N(C)c2c1ccc(C(C)c1cccnc1CO)c2C(C)(C)C. The minimum atomic E-state index is -1.15. The number of aliphatic hydroxyl groups is 1. The Bertz CT molecular complexity index is 1050. The summed E-state index contributed by atoms with van der Waals surface area (Å²) in [6.45, 7) is 14.2. The molecule has 0 saturated carbocycles. The van der Waals surface area contributed by atoms with Crippen molar-refractivity contribution in [3.63, 3.8) is 0 Å². The molecule has 1 aliphatic heterocycles. The van der Waals surface area contributed by atoms with Crippen molar-refractivity contribution in [3.8, 4) is 0 Å². The zero-order valence-corrected chi connectivity index (χ0v) is 20.5. The summed E-state index contributed by atoms with van der Waals surface area (Å²) in [4.78, 5) is 34.6. The second-order valence-electron chi connectivity index (χ2n) is 10.1. The topological polar surface area (TPSA) is 73.7 Å². The van der Waals surface area contributed by atoms with E-state index in [2.05, 4.69) is 38.7 Å². The van der Waals surface area contributed by atoms with E-state index in [1.807, 2.05) is 25.1 Å². The largest absolute Gasteiger partial charge is 0.390 e. The number of pyridine rings is 1. The maximum absolute atomic E-state index is 13.5. The first kappa shape index (κ1) is 23.9. The number of carbonyl (C=O) groups excluding carboxylic acids is 2. The van der Waals surface area contributed by atoms with Gasteiger partial charge in [-0.2, -0.15) is 0 Å². The van der Waals surface area contributed by atoms with Crippen molar-refractivity contribution >= 4 is 23.2 Å². The fraction of sp³-hybridized carbons (Fsp3) is 0.500. The third-order valence-corrected chi connectivity index (χ3v) is 6.51. The summed E-state index contributed by atoms with van der Waals surface area (Å²) in [5.74, 6) is -0.463. The van der Waals surface area contributed by atoms with Gasteiger partial charge in [0.05, 0.1) is 23.7 Å². The Morgan fingerprint density at radius 3 is 2.31 bits per heavy atom. The van der Waals surface area contributed by atoms with Crippen LogP contribution in [0.25, 0.3) is 0 Å². The quantitative estimate of drug-likeness (QED) is 0.721. The van der Waals surface area contributed by atoms with E-state index in [9.17, 15) is 14.7 Å². The van der Waals surface area contributed by atoms with Crippen molar-refractivity contribution < 1.29 is 14.7 Å². The van der Waals surface area contributed by atoms with E-state index in [1.54, 1.807) is 36.9 Å². The van der Waals surface area contributed by atoms with Crippen molar-refractivity contribution in [1.82, 2.24) is 4.98 Å². The highest BCUT2D eigenvalue weighted by Crippen LogP contribution is 2.48. The fourth-order valence-electron chi connectivity index (χ4n) is 4.82. The predicted octanol–water partition coefficient (Wildman–Crippen LogP) is 4.38. The number of fused-ring (bicyclic) bond motifs is 1. The fourth-order valence-corrected chi connectivity index (χ4v) is 4.82. The summed E-state index contributed by atoms with van der Waals surface area (Å²) in [5, 5.41) is 9.84. The molecule has 2 heterocycles. The Morgan fingerprint density at radius 2 is 1.75 bits per heavy atom. The van der Waals surface area contributed by atoms with E-state index in [0.29, 0.717) is 12.2 Å². The summed E-state index contributed by atoms with van der Waals surface area (Å²) in [6, 6.07) is 7.88. The number of hydrogen-bond acceptors (Lipinski definition) is 4. The zero-order chi connectivity index (χ0) is 24.0. The minimum Gasteiger partial charge on any atom is -0.390 e. The van der Waals surface area contributed by atoms with Crippen LogP contribution in [0.4, 0.5) is 11.4 Å². The molecule has 1 atom stereocenters. The number of carbonyl (C=O) groups is 2. The first-order valence-electron chi connectivity index (χ1n) is 11.2. The van der Waals surface area contributed by atoms with Gasteiger partial charge in [0.15, 0.2) is 0 Å². The minimum absolute atomic E-state index is 0.0593. The van der Waals surface area contributed by atoms with Gasteiger partial charge in [-0.25, -0.2) is 0 Å². The number of anilines is 2. The normalized spacial score (nSPS) is 17.3. The van der Waals surface area contributed by atoms with E-state index in [0.717, 1.165) is 28.1 Å². The van der Waals surface area contributed by atoms with E-state index in [4.69, 9.17) is 0 Å². The Hall–Kier alpha value is -2.73. The number of aromatic nitrogens is 1. The molecule has 1 aromatic heterocycles. The maximum atomic E-state index is 13.5. The second kappa shape index (κ2) is 8.32. The van der Waals surface area contributed by atoms with E-state index in [1.165, 1.54) is 0 Å².